The zero-order valence-electron chi connectivity index (χ0n) is 16.2. The van der Waals surface area contributed by atoms with Gasteiger partial charge in [-0.1, -0.05) is 31.2 Å². The van der Waals surface area contributed by atoms with Crippen LogP contribution in [0, 0.1) is 0 Å². The molecule has 0 amide bonds. The Labute approximate surface area is 167 Å². The zero-order chi connectivity index (χ0) is 20.3. The molecule has 2 aromatic heterocycles. The summed E-state index contributed by atoms with van der Waals surface area (Å²) in [7, 11) is 0. The Morgan fingerprint density at radius 3 is 2.86 bits per heavy atom. The normalized spacial score (nSPS) is 22.4. The Morgan fingerprint density at radius 2 is 2.10 bits per heavy atom. The molecule has 0 aliphatic carbocycles. The minimum Gasteiger partial charge on any atom is -0.451 e. The highest BCUT2D eigenvalue weighted by atomic mass is 16.6. The number of allylic oxidation sites excluding steroid dienone is 1. The van der Waals surface area contributed by atoms with Gasteiger partial charge in [0.25, 0.3) is 5.56 Å². The van der Waals surface area contributed by atoms with E-state index in [1.807, 2.05) is 30.3 Å². The van der Waals surface area contributed by atoms with Crippen molar-refractivity contribution in [2.45, 2.75) is 38.5 Å². The quantitative estimate of drug-likeness (QED) is 0.421. The van der Waals surface area contributed by atoms with Gasteiger partial charge in [-0.05, 0) is 37.6 Å². The van der Waals surface area contributed by atoms with E-state index in [1.165, 1.54) is 0 Å². The van der Waals surface area contributed by atoms with Gasteiger partial charge < -0.3 is 14.4 Å². The first-order valence-corrected chi connectivity index (χ1v) is 9.71. The summed E-state index contributed by atoms with van der Waals surface area (Å²) in [5.41, 5.74) is 1.63. The predicted octanol–water partition coefficient (Wildman–Crippen LogP) is 3.20. The summed E-state index contributed by atoms with van der Waals surface area (Å²) in [5, 5.41) is 12.1. The second-order valence-electron chi connectivity index (χ2n) is 7.50. The van der Waals surface area contributed by atoms with Gasteiger partial charge in [0.1, 0.15) is 0 Å². The van der Waals surface area contributed by atoms with Gasteiger partial charge in [-0.2, -0.15) is 0 Å². The first-order chi connectivity index (χ1) is 14.0. The summed E-state index contributed by atoms with van der Waals surface area (Å²) in [6, 6.07) is 11.6. The number of fused-ring (bicyclic) bond motifs is 5. The van der Waals surface area contributed by atoms with Crippen molar-refractivity contribution in [1.82, 2.24) is 9.55 Å². The van der Waals surface area contributed by atoms with Crippen LogP contribution in [0.5, 0.6) is 0 Å². The number of carbonyl (C=O) groups is 1. The summed E-state index contributed by atoms with van der Waals surface area (Å²) in [5.74, 6) is -0.732. The van der Waals surface area contributed by atoms with Crippen LogP contribution in [0.25, 0.3) is 22.3 Å². The molecule has 0 saturated heterocycles. The molecule has 29 heavy (non-hydrogen) atoms. The highest BCUT2D eigenvalue weighted by Gasteiger charge is 2.48. The summed E-state index contributed by atoms with van der Waals surface area (Å²) < 4.78 is 7.09. The van der Waals surface area contributed by atoms with Crippen LogP contribution in [0.15, 0.2) is 53.3 Å². The topological polar surface area (TPSA) is 81.4 Å². The maximum Gasteiger partial charge on any atom is 0.343 e. The Hall–Kier alpha value is -3.25. The second kappa shape index (κ2) is 6.12. The number of rotatable bonds is 2. The number of para-hydroxylation sites is 1. The number of nitrogens with zero attached hydrogens (tertiary/aromatic N) is 2. The Balaban J connectivity index is 1.82. The molecule has 0 radical (unpaired) electrons. The molecule has 6 nitrogen and oxygen atoms in total. The molecule has 0 saturated carbocycles. The molecule has 0 spiro atoms. The summed E-state index contributed by atoms with van der Waals surface area (Å²) in [6.07, 6.45) is 2.70. The number of esters is 1. The molecule has 2 aliphatic heterocycles. The van der Waals surface area contributed by atoms with Crippen molar-refractivity contribution in [1.29, 1.82) is 0 Å². The number of ether oxygens (including phenoxy) is 1. The van der Waals surface area contributed by atoms with Crippen molar-refractivity contribution >= 4 is 16.9 Å². The van der Waals surface area contributed by atoms with Crippen molar-refractivity contribution in [2.24, 2.45) is 0 Å². The van der Waals surface area contributed by atoms with Gasteiger partial charge in [0, 0.05) is 16.5 Å². The van der Waals surface area contributed by atoms with E-state index >= 15 is 0 Å². The molecule has 4 heterocycles. The lowest BCUT2D eigenvalue weighted by molar-refractivity contribution is -0.175. The minimum atomic E-state index is -1.85. The van der Waals surface area contributed by atoms with Crippen LogP contribution in [0.1, 0.15) is 43.1 Å². The SMILES string of the molecule is C/C=C/C1OC(=O)[C@](O)(CC)c2cc3n(c(=O)c21)Cc1cc2ccccc2nc1-3. The van der Waals surface area contributed by atoms with Crippen LogP contribution in [-0.2, 0) is 21.7 Å². The summed E-state index contributed by atoms with van der Waals surface area (Å²) in [4.78, 5) is 30.8. The number of benzene rings is 1. The number of hydrogen-bond donors (Lipinski definition) is 1. The van der Waals surface area contributed by atoms with Crippen molar-refractivity contribution in [3.63, 3.8) is 0 Å². The van der Waals surface area contributed by atoms with E-state index in [2.05, 4.69) is 0 Å². The van der Waals surface area contributed by atoms with Gasteiger partial charge in [-0.3, -0.25) is 4.79 Å². The smallest absolute Gasteiger partial charge is 0.343 e. The fourth-order valence-corrected chi connectivity index (χ4v) is 4.33. The number of aliphatic hydroxyl groups is 1. The van der Waals surface area contributed by atoms with Gasteiger partial charge in [-0.15, -0.1) is 0 Å². The highest BCUT2D eigenvalue weighted by molar-refractivity contribution is 5.86. The van der Waals surface area contributed by atoms with E-state index in [1.54, 1.807) is 36.6 Å². The molecule has 3 aromatic rings. The number of pyridine rings is 2. The van der Waals surface area contributed by atoms with Gasteiger partial charge in [0.15, 0.2) is 11.7 Å². The molecule has 2 atom stereocenters. The third-order valence-electron chi connectivity index (χ3n) is 5.89. The molecule has 5 rings (SSSR count). The van der Waals surface area contributed by atoms with E-state index in [9.17, 15) is 14.7 Å². The molecule has 1 aromatic carbocycles. The van der Waals surface area contributed by atoms with Crippen molar-refractivity contribution in [3.8, 4) is 11.4 Å². The van der Waals surface area contributed by atoms with Gasteiger partial charge in [0.05, 0.1) is 29.0 Å². The van der Waals surface area contributed by atoms with Crippen molar-refractivity contribution in [3.05, 3.63) is 75.6 Å². The van der Waals surface area contributed by atoms with E-state index in [-0.39, 0.29) is 12.0 Å². The molecule has 0 fully saturated rings. The standard InChI is InChI=1S/C23H20N2O4/c1-3-7-18-19-15(23(28,4-2)22(27)29-18)11-17-20-14(12-25(17)21(19)26)10-13-8-5-6-9-16(13)24-20/h3,5-11,18,28H,4,12H2,1-2H3/b7-3+/t18?,23-/m0/s1. The lowest BCUT2D eigenvalue weighted by Gasteiger charge is -2.35. The molecule has 2 aliphatic rings. The minimum absolute atomic E-state index is 0.113. The Morgan fingerprint density at radius 1 is 1.31 bits per heavy atom. The largest absolute Gasteiger partial charge is 0.451 e. The number of cyclic esters (lactones) is 1. The number of carbonyl (C=O) groups excluding carboxylic acids is 1. The lowest BCUT2D eigenvalue weighted by Crippen LogP contribution is -2.45. The average Bonchev–Trinajstić information content (AvgIpc) is 3.08. The van der Waals surface area contributed by atoms with Crippen LogP contribution in [0.2, 0.25) is 0 Å². The van der Waals surface area contributed by atoms with Crippen molar-refractivity contribution < 1.29 is 14.6 Å². The van der Waals surface area contributed by atoms with E-state index in [0.717, 1.165) is 16.5 Å². The zero-order valence-corrected chi connectivity index (χ0v) is 16.2. The first-order valence-electron chi connectivity index (χ1n) is 9.71. The number of aromatic nitrogens is 2. The van der Waals surface area contributed by atoms with Gasteiger partial charge in [0.2, 0.25) is 0 Å². The lowest BCUT2D eigenvalue weighted by atomic mass is 9.83. The molecule has 146 valence electrons. The van der Waals surface area contributed by atoms with E-state index in [0.29, 0.717) is 29.1 Å². The van der Waals surface area contributed by atoms with E-state index in [4.69, 9.17) is 9.72 Å². The van der Waals surface area contributed by atoms with Crippen LogP contribution >= 0.6 is 0 Å². The van der Waals surface area contributed by atoms with Crippen molar-refractivity contribution in [2.75, 3.05) is 0 Å². The average molecular weight is 388 g/mol. The van der Waals surface area contributed by atoms with Crippen LogP contribution in [0.4, 0.5) is 0 Å². The second-order valence-corrected chi connectivity index (χ2v) is 7.50. The fraction of sp³-hybridized carbons (Fsp3) is 0.261. The van der Waals surface area contributed by atoms with Gasteiger partial charge >= 0.3 is 5.97 Å². The van der Waals surface area contributed by atoms with Crippen LogP contribution in [-0.4, -0.2) is 20.6 Å². The number of hydrogen-bond acceptors (Lipinski definition) is 5. The third-order valence-corrected chi connectivity index (χ3v) is 5.89. The van der Waals surface area contributed by atoms with Gasteiger partial charge in [-0.25, -0.2) is 9.78 Å². The summed E-state index contributed by atoms with van der Waals surface area (Å²) >= 11 is 0. The van der Waals surface area contributed by atoms with Crippen LogP contribution < -0.4 is 5.56 Å². The maximum atomic E-state index is 13.5. The fourth-order valence-electron chi connectivity index (χ4n) is 4.33. The Kier molecular flexibility index (Phi) is 3.76. The third kappa shape index (κ3) is 2.36. The first kappa shape index (κ1) is 17.8. The Bertz CT molecular complexity index is 1270. The maximum absolute atomic E-state index is 13.5. The highest BCUT2D eigenvalue weighted by Crippen LogP contribution is 2.42. The molecule has 1 N–H and O–H groups in total. The molecule has 1 unspecified atom stereocenters. The predicted molar refractivity (Wildman–Crippen MR) is 108 cm³/mol. The molecule has 0 bridgehead atoms. The van der Waals surface area contributed by atoms with Crippen LogP contribution in [0.3, 0.4) is 0 Å². The monoisotopic (exact) mass is 388 g/mol. The molecule has 6 heteroatoms. The van der Waals surface area contributed by atoms with E-state index < -0.39 is 17.7 Å². The molecular formula is C23H20N2O4. The summed E-state index contributed by atoms with van der Waals surface area (Å²) in [6.45, 7) is 3.89. The molecular weight excluding hydrogens is 368 g/mol.